The van der Waals surface area contributed by atoms with Crippen LogP contribution in [0, 0.1) is 37.7 Å². The van der Waals surface area contributed by atoms with E-state index in [4.69, 9.17) is 30.0 Å². The van der Waals surface area contributed by atoms with Crippen LogP contribution in [0.1, 0.15) is 0 Å². The normalized spacial score (nSPS) is 4.80. The van der Waals surface area contributed by atoms with E-state index in [0.717, 1.165) is 0 Å². The van der Waals surface area contributed by atoms with Gasteiger partial charge in [-0.3, -0.25) is 0 Å². The topological polar surface area (TPSA) is 163 Å². The smallest absolute Gasteiger partial charge is 0.652 e. The molecule has 0 aromatic rings. The molecule has 10 heavy (non-hydrogen) atoms. The number of carbonyl (C=O) groups is 2. The maximum absolute atomic E-state index is 8.33. The Bertz CT molecular complexity index is 73.7. The Morgan fingerprint density at radius 2 is 0.800 bits per heavy atom. The van der Waals surface area contributed by atoms with E-state index in [9.17, 15) is 0 Å². The van der Waals surface area contributed by atoms with Gasteiger partial charge >= 0.3 is 37.7 Å². The van der Waals surface area contributed by atoms with Crippen LogP contribution in [-0.4, -0.2) is 12.3 Å². The largest absolute Gasteiger partial charge is 3.00 e. The molecule has 0 rings (SSSR count). The Balaban J connectivity index is -0.0000000300. The molecule has 64 valence electrons. The molecule has 0 spiro atoms. The summed E-state index contributed by atoms with van der Waals surface area (Å²) in [7, 11) is 0. The molecule has 0 heterocycles. The maximum atomic E-state index is 8.33. The molecule has 0 aliphatic rings. The van der Waals surface area contributed by atoms with E-state index in [2.05, 4.69) is 0 Å². The molecule has 0 bridgehead atoms. The molecule has 0 aromatic heterocycles. The average molecular weight is 303 g/mol. The van der Waals surface area contributed by atoms with Gasteiger partial charge in [-0.05, 0) is 12.3 Å². The van der Waals surface area contributed by atoms with Crippen molar-refractivity contribution in [1.29, 1.82) is 0 Å². The summed E-state index contributed by atoms with van der Waals surface area (Å²) in [5.74, 6) is 0. The summed E-state index contributed by atoms with van der Waals surface area (Å²) >= 11 is 0. The minimum atomic E-state index is -2.33. The van der Waals surface area contributed by atoms with Crippen LogP contribution in [0.15, 0.2) is 0 Å². The van der Waals surface area contributed by atoms with Crippen molar-refractivity contribution in [3.63, 3.8) is 0 Å². The van der Waals surface area contributed by atoms with Crippen LogP contribution in [0.4, 0.5) is 9.59 Å². The molecular formula is C2H4HoNO6. The second-order valence-electron chi connectivity index (χ2n) is 0.500. The van der Waals surface area contributed by atoms with E-state index in [-0.39, 0.29) is 43.9 Å². The van der Waals surface area contributed by atoms with Crippen molar-refractivity contribution in [3.05, 3.63) is 0 Å². The SMILES string of the molecule is O=C([O-])[O-].O=C([O-])[O-].[Ho+3].[NH4+]. The fourth-order valence-corrected chi connectivity index (χ4v) is 0. The summed E-state index contributed by atoms with van der Waals surface area (Å²) < 4.78 is 0. The van der Waals surface area contributed by atoms with Crippen molar-refractivity contribution < 1.29 is 67.8 Å². The van der Waals surface area contributed by atoms with E-state index in [1.165, 1.54) is 0 Å². The molecule has 0 fully saturated rings. The van der Waals surface area contributed by atoms with Crippen molar-refractivity contribution in [2.75, 3.05) is 0 Å². The van der Waals surface area contributed by atoms with Gasteiger partial charge < -0.3 is 36.2 Å². The first-order chi connectivity index (χ1) is 3.46. The predicted molar refractivity (Wildman–Crippen MR) is 16.8 cm³/mol. The van der Waals surface area contributed by atoms with Gasteiger partial charge in [0.05, 0.1) is 0 Å². The molecule has 0 radical (unpaired) electrons. The summed E-state index contributed by atoms with van der Waals surface area (Å²) in [5.41, 5.74) is 0. The molecule has 4 N–H and O–H groups in total. The number of quaternary nitrogens is 1. The monoisotopic (exact) mass is 303 g/mol. The van der Waals surface area contributed by atoms with Gasteiger partial charge in [-0.1, -0.05) is 0 Å². The summed E-state index contributed by atoms with van der Waals surface area (Å²) in [6.07, 6.45) is -4.67. The molecule has 0 atom stereocenters. The van der Waals surface area contributed by atoms with Crippen LogP contribution in [-0.2, 0) is 0 Å². The molecule has 8 heteroatoms. The first-order valence-corrected chi connectivity index (χ1v) is 1.22. The zero-order valence-corrected chi connectivity index (χ0v) is 6.69. The number of carboxylic acid groups (broad SMARTS) is 4. The van der Waals surface area contributed by atoms with E-state index >= 15 is 0 Å². The second-order valence-corrected chi connectivity index (χ2v) is 0.500. The number of carbonyl (C=O) groups excluding carboxylic acids is 2. The molecule has 0 unspecified atom stereocenters. The third-order valence-corrected chi connectivity index (χ3v) is 0. The Labute approximate surface area is 85.9 Å². The van der Waals surface area contributed by atoms with Crippen LogP contribution in [0.25, 0.3) is 0 Å². The molecule has 7 nitrogen and oxygen atoms in total. The molecule has 0 aliphatic carbocycles. The van der Waals surface area contributed by atoms with Gasteiger partial charge in [-0.2, -0.15) is 0 Å². The maximum Gasteiger partial charge on any atom is 3.00 e. The first kappa shape index (κ1) is 22.6. The fraction of sp³-hybridized carbons (Fsp3) is 0. The third-order valence-electron chi connectivity index (χ3n) is 0. The Hall–Kier alpha value is -0.240. The van der Waals surface area contributed by atoms with Gasteiger partial charge in [-0.25, -0.2) is 0 Å². The van der Waals surface area contributed by atoms with Crippen molar-refractivity contribution >= 4 is 12.3 Å². The molecule has 0 saturated heterocycles. The zero-order valence-electron chi connectivity index (χ0n) is 4.75. The van der Waals surface area contributed by atoms with E-state index in [1.807, 2.05) is 0 Å². The van der Waals surface area contributed by atoms with Gasteiger partial charge in [0.25, 0.3) is 0 Å². The second kappa shape index (κ2) is 15.9. The number of hydrogen-bond donors (Lipinski definition) is 1. The van der Waals surface area contributed by atoms with Gasteiger partial charge in [0, 0.05) is 0 Å². The number of rotatable bonds is 0. The van der Waals surface area contributed by atoms with Gasteiger partial charge in [0.1, 0.15) is 0 Å². The van der Waals surface area contributed by atoms with Crippen LogP contribution >= 0.6 is 0 Å². The Morgan fingerprint density at radius 1 is 0.800 bits per heavy atom. The zero-order chi connectivity index (χ0) is 7.15. The minimum absolute atomic E-state index is 0. The predicted octanol–water partition coefficient (Wildman–Crippen LogP) is -4.52. The van der Waals surface area contributed by atoms with Crippen molar-refractivity contribution in [2.45, 2.75) is 0 Å². The van der Waals surface area contributed by atoms with Crippen LogP contribution in [0.5, 0.6) is 0 Å². The fourth-order valence-electron chi connectivity index (χ4n) is 0. The molecule has 0 amide bonds. The van der Waals surface area contributed by atoms with E-state index in [1.54, 1.807) is 0 Å². The average Bonchev–Trinajstić information content (AvgIpc) is 1.25. The van der Waals surface area contributed by atoms with Gasteiger partial charge in [0.2, 0.25) is 0 Å². The standard InChI is InChI=1S/2CH2O3.Ho.H3N/c2*2-1(3)4;;/h2*(H2,2,3,4);;1H3/q;;+3;/p-3. The molecule has 0 saturated carbocycles. The molecule has 0 aliphatic heterocycles. The summed E-state index contributed by atoms with van der Waals surface area (Å²) in [5, 5.41) is 33.3. The van der Waals surface area contributed by atoms with Gasteiger partial charge in [-0.15, -0.1) is 0 Å². The van der Waals surface area contributed by atoms with Crippen LogP contribution < -0.4 is 26.6 Å². The Kier molecular flexibility index (Phi) is 35.9. The van der Waals surface area contributed by atoms with E-state index < -0.39 is 12.3 Å². The van der Waals surface area contributed by atoms with Crippen LogP contribution in [0.3, 0.4) is 0 Å². The summed E-state index contributed by atoms with van der Waals surface area (Å²) in [6, 6.07) is 0. The van der Waals surface area contributed by atoms with Crippen molar-refractivity contribution in [3.8, 4) is 0 Å². The molecule has 0 aromatic carbocycles. The van der Waals surface area contributed by atoms with Gasteiger partial charge in [0.15, 0.2) is 0 Å². The van der Waals surface area contributed by atoms with Crippen LogP contribution in [0.2, 0.25) is 0 Å². The minimum Gasteiger partial charge on any atom is -0.652 e. The van der Waals surface area contributed by atoms with Crippen molar-refractivity contribution in [1.82, 2.24) is 6.15 Å². The Morgan fingerprint density at radius 3 is 0.800 bits per heavy atom. The quantitative estimate of drug-likeness (QED) is 0.443. The number of hydrogen-bond acceptors (Lipinski definition) is 6. The first-order valence-electron chi connectivity index (χ1n) is 1.22. The molecular weight excluding hydrogens is 299 g/mol. The summed E-state index contributed by atoms with van der Waals surface area (Å²) in [6.45, 7) is 0. The van der Waals surface area contributed by atoms with E-state index in [0.29, 0.717) is 0 Å². The third kappa shape index (κ3) is 6140. The summed E-state index contributed by atoms with van der Waals surface area (Å²) in [4.78, 5) is 16.7. The van der Waals surface area contributed by atoms with Crippen molar-refractivity contribution in [2.24, 2.45) is 0 Å².